The summed E-state index contributed by atoms with van der Waals surface area (Å²) in [5, 5.41) is 22.2. The molecule has 4 N–H and O–H groups in total. The van der Waals surface area contributed by atoms with Crippen LogP contribution >= 0.6 is 11.3 Å². The fraction of sp³-hybridized carbons (Fsp3) is 0.538. The van der Waals surface area contributed by atoms with Crippen molar-refractivity contribution in [3.05, 3.63) is 41.8 Å². The number of hydrogen-bond acceptors (Lipinski definition) is 12. The topological polar surface area (TPSA) is 191 Å². The van der Waals surface area contributed by atoms with Crippen molar-refractivity contribution in [2.75, 3.05) is 32.2 Å². The van der Waals surface area contributed by atoms with Gasteiger partial charge in [-0.25, -0.2) is 19.6 Å². The number of carbonyl (C=O) groups is 4. The highest BCUT2D eigenvalue weighted by Crippen LogP contribution is 2.45. The highest BCUT2D eigenvalue weighted by atomic mass is 32.1. The molecule has 0 bridgehead atoms. The van der Waals surface area contributed by atoms with Crippen molar-refractivity contribution < 1.29 is 43.2 Å². The van der Waals surface area contributed by atoms with Crippen LogP contribution in [-0.2, 0) is 23.9 Å². The van der Waals surface area contributed by atoms with Gasteiger partial charge in [-0.2, -0.15) is 0 Å². The van der Waals surface area contributed by atoms with Crippen LogP contribution in [0.4, 0.5) is 9.93 Å². The first kappa shape index (κ1) is 39.7. The number of thiazole rings is 1. The van der Waals surface area contributed by atoms with Gasteiger partial charge in [-0.05, 0) is 44.7 Å². The van der Waals surface area contributed by atoms with Gasteiger partial charge >= 0.3 is 12.1 Å². The second-order valence-corrected chi connectivity index (χ2v) is 16.6. The van der Waals surface area contributed by atoms with Crippen molar-refractivity contribution in [1.82, 2.24) is 25.5 Å². The van der Waals surface area contributed by atoms with E-state index in [0.29, 0.717) is 46.8 Å². The Kier molecular flexibility index (Phi) is 11.3. The first-order valence-electron chi connectivity index (χ1n) is 18.4. The SMILES string of the molecule is C=CC1C[C@]1(NC(=O)[C@@H]1C[C@@H](Oc2cc(-c3csc(NC(C)C)n3)nc3c(C)c(OC)ccc23)CN1C(=O)[C@@H](NC(=O)O[C@H]1CCOC1)C(C)(C)C)C(=O)O. The second kappa shape index (κ2) is 15.6. The zero-order valence-corrected chi connectivity index (χ0v) is 33.1. The predicted octanol–water partition coefficient (Wildman–Crippen LogP) is 4.92. The number of anilines is 1. The molecule has 2 saturated heterocycles. The number of nitrogens with one attached hydrogen (secondary N) is 3. The third-order valence-electron chi connectivity index (χ3n) is 10.3. The van der Waals surface area contributed by atoms with E-state index in [1.165, 1.54) is 22.3 Å². The van der Waals surface area contributed by atoms with Crippen LogP contribution in [0.15, 0.2) is 36.2 Å². The van der Waals surface area contributed by atoms with Crippen molar-refractivity contribution in [2.24, 2.45) is 11.3 Å². The van der Waals surface area contributed by atoms with Gasteiger partial charge in [0.05, 0.1) is 38.1 Å². The van der Waals surface area contributed by atoms with Gasteiger partial charge < -0.3 is 44.9 Å². The number of methoxy groups -OCH3 is 1. The molecule has 3 aromatic rings. The van der Waals surface area contributed by atoms with Gasteiger partial charge in [0.25, 0.3) is 0 Å². The number of carboxylic acids is 1. The van der Waals surface area contributed by atoms with Crippen molar-refractivity contribution in [3.63, 3.8) is 0 Å². The summed E-state index contributed by atoms with van der Waals surface area (Å²) < 4.78 is 23.2. The number of aryl methyl sites for hydroxylation is 1. The Labute approximate surface area is 324 Å². The number of rotatable bonds is 13. The van der Waals surface area contributed by atoms with E-state index < -0.39 is 65.0 Å². The van der Waals surface area contributed by atoms with Crippen molar-refractivity contribution in [1.29, 1.82) is 0 Å². The third kappa shape index (κ3) is 8.34. The number of carboxylic acid groups (broad SMARTS) is 1. The monoisotopic (exact) mass is 778 g/mol. The Morgan fingerprint density at radius 2 is 1.91 bits per heavy atom. The molecule has 1 aliphatic carbocycles. The number of nitrogens with zero attached hydrogens (tertiary/aromatic N) is 3. The number of ether oxygens (including phenoxy) is 4. The molecule has 2 aliphatic heterocycles. The average Bonchev–Trinajstić information content (AvgIpc) is 3.53. The van der Waals surface area contributed by atoms with Gasteiger partial charge in [0.15, 0.2) is 5.13 Å². The summed E-state index contributed by atoms with van der Waals surface area (Å²) in [7, 11) is 1.59. The van der Waals surface area contributed by atoms with E-state index in [9.17, 15) is 24.3 Å². The summed E-state index contributed by atoms with van der Waals surface area (Å²) in [6, 6.07) is 3.43. The minimum atomic E-state index is -1.52. The van der Waals surface area contributed by atoms with Gasteiger partial charge in [-0.15, -0.1) is 17.9 Å². The smallest absolute Gasteiger partial charge is 0.408 e. The Morgan fingerprint density at radius 3 is 2.53 bits per heavy atom. The van der Waals surface area contributed by atoms with Crippen molar-refractivity contribution in [3.8, 4) is 22.9 Å². The number of carbonyl (C=O) groups excluding carboxylic acids is 3. The maximum absolute atomic E-state index is 14.6. The molecule has 6 rings (SSSR count). The predicted molar refractivity (Wildman–Crippen MR) is 206 cm³/mol. The van der Waals surface area contributed by atoms with Crippen molar-refractivity contribution in [2.45, 2.75) is 96.7 Å². The lowest BCUT2D eigenvalue weighted by molar-refractivity contribution is -0.146. The van der Waals surface area contributed by atoms with E-state index in [2.05, 4.69) is 22.5 Å². The molecular formula is C39H50N6O9S. The number of alkyl carbamates (subject to hydrolysis) is 1. The molecular weight excluding hydrogens is 729 g/mol. The molecule has 4 heterocycles. The van der Waals surface area contributed by atoms with Crippen LogP contribution in [0.25, 0.3) is 22.3 Å². The Morgan fingerprint density at radius 1 is 1.15 bits per heavy atom. The lowest BCUT2D eigenvalue weighted by atomic mass is 9.85. The number of pyridine rings is 1. The van der Waals surface area contributed by atoms with Crippen molar-refractivity contribution >= 4 is 51.2 Å². The van der Waals surface area contributed by atoms with Gasteiger partial charge in [0, 0.05) is 47.2 Å². The van der Waals surface area contributed by atoms with Crippen LogP contribution in [-0.4, -0.2) is 107 Å². The number of amides is 3. The molecule has 1 aromatic carbocycles. The molecule has 3 aliphatic rings. The van der Waals surface area contributed by atoms with Crippen LogP contribution in [0, 0.1) is 18.3 Å². The molecule has 296 valence electrons. The Bertz CT molecular complexity index is 1970. The average molecular weight is 779 g/mol. The largest absolute Gasteiger partial charge is 0.496 e. The molecule has 3 fully saturated rings. The molecule has 3 amide bonds. The zero-order chi connectivity index (χ0) is 39.8. The van der Waals surface area contributed by atoms with Crippen LogP contribution in [0.3, 0.4) is 0 Å². The maximum atomic E-state index is 14.6. The highest BCUT2D eigenvalue weighted by molar-refractivity contribution is 7.14. The fourth-order valence-corrected chi connectivity index (χ4v) is 7.98. The second-order valence-electron chi connectivity index (χ2n) is 15.8. The van der Waals surface area contributed by atoms with Gasteiger partial charge in [-0.3, -0.25) is 9.59 Å². The van der Waals surface area contributed by atoms with E-state index in [0.717, 1.165) is 10.7 Å². The number of aromatic nitrogens is 2. The highest BCUT2D eigenvalue weighted by Gasteiger charge is 2.61. The van der Waals surface area contributed by atoms with Crippen LogP contribution < -0.4 is 25.4 Å². The summed E-state index contributed by atoms with van der Waals surface area (Å²) >= 11 is 1.46. The number of benzene rings is 1. The third-order valence-corrected chi connectivity index (χ3v) is 11.0. The number of hydrogen-bond donors (Lipinski definition) is 4. The molecule has 2 aromatic heterocycles. The van der Waals surface area contributed by atoms with Gasteiger partial charge in [-0.1, -0.05) is 26.8 Å². The lowest BCUT2D eigenvalue weighted by Crippen LogP contribution is -2.59. The summed E-state index contributed by atoms with van der Waals surface area (Å²) in [4.78, 5) is 65.2. The molecule has 6 atom stereocenters. The molecule has 1 unspecified atom stereocenters. The molecule has 0 radical (unpaired) electrons. The first-order valence-corrected chi connectivity index (χ1v) is 19.3. The minimum absolute atomic E-state index is 0.0326. The van der Waals surface area contributed by atoms with E-state index in [4.69, 9.17) is 28.9 Å². The van der Waals surface area contributed by atoms with E-state index in [1.54, 1.807) is 33.9 Å². The Hall–Kier alpha value is -4.96. The number of aliphatic carboxylic acids is 1. The van der Waals surface area contributed by atoms with E-state index in [-0.39, 0.29) is 32.0 Å². The van der Waals surface area contributed by atoms with Gasteiger partial charge in [0.1, 0.15) is 47.0 Å². The quantitative estimate of drug-likeness (QED) is 0.172. The lowest BCUT2D eigenvalue weighted by Gasteiger charge is -2.35. The van der Waals surface area contributed by atoms with E-state index in [1.807, 2.05) is 38.3 Å². The summed E-state index contributed by atoms with van der Waals surface area (Å²) in [5.41, 5.74) is 0.289. The molecule has 55 heavy (non-hydrogen) atoms. The van der Waals surface area contributed by atoms with Crippen LogP contribution in [0.5, 0.6) is 11.5 Å². The summed E-state index contributed by atoms with van der Waals surface area (Å²) in [6.07, 6.45) is 0.346. The standard InChI is InChI=1S/C39H50N6O9S/c1-9-22-16-39(22,35(48)49)44-33(46)28-14-24(17-45(28)34(47)32(38(5,6)7)43-37(50)54-23-12-13-52-18-23)53-30-15-26(27-19-55-36(42-27)40-20(2)3)41-31-21(4)29(51-8)11-10-25(30)31/h9-11,15,19-20,22-24,28,32H,1,12-14,16-18H2,2-8H3,(H,40,42)(H,43,50)(H,44,46)(H,48,49)/t22?,23-,24+,28-,32+,39+/m0/s1. The minimum Gasteiger partial charge on any atom is -0.496 e. The number of fused-ring (bicyclic) bond motifs is 1. The molecule has 15 nitrogen and oxygen atoms in total. The normalized spacial score (nSPS) is 24.0. The summed E-state index contributed by atoms with van der Waals surface area (Å²) in [6.45, 7) is 15.8. The van der Waals surface area contributed by atoms with E-state index >= 15 is 0 Å². The maximum Gasteiger partial charge on any atom is 0.408 e. The zero-order valence-electron chi connectivity index (χ0n) is 32.3. The van der Waals surface area contributed by atoms with Gasteiger partial charge in [0.2, 0.25) is 11.8 Å². The molecule has 16 heteroatoms. The molecule has 0 spiro atoms. The first-order chi connectivity index (χ1) is 26.0. The van der Waals surface area contributed by atoms with Crippen LogP contribution in [0.1, 0.15) is 59.4 Å². The summed E-state index contributed by atoms with van der Waals surface area (Å²) in [5.74, 6) is -1.72. The fourth-order valence-electron chi connectivity index (χ4n) is 7.13. The van der Waals surface area contributed by atoms with Crippen LogP contribution in [0.2, 0.25) is 0 Å². The number of likely N-dealkylation sites (tertiary alicyclic amines) is 1. The Balaban J connectivity index is 1.34. The molecule has 1 saturated carbocycles.